The fourth-order valence-corrected chi connectivity index (χ4v) is 5.86. The van der Waals surface area contributed by atoms with Crippen LogP contribution in [0.3, 0.4) is 0 Å². The Morgan fingerprint density at radius 3 is 2.67 bits per heavy atom. The molecule has 1 aliphatic carbocycles. The van der Waals surface area contributed by atoms with Crippen LogP contribution in [0, 0.1) is 0 Å². The number of aromatic nitrogens is 3. The smallest absolute Gasteiger partial charge is 0.126 e. The van der Waals surface area contributed by atoms with Crippen molar-refractivity contribution in [3.63, 3.8) is 0 Å². The van der Waals surface area contributed by atoms with Crippen molar-refractivity contribution < 1.29 is 5.11 Å². The minimum absolute atomic E-state index is 0.457. The number of benzene rings is 2. The van der Waals surface area contributed by atoms with Crippen LogP contribution in [0.15, 0.2) is 67.1 Å². The number of aliphatic hydroxyl groups is 1. The van der Waals surface area contributed by atoms with E-state index in [1.165, 1.54) is 48.7 Å². The largest absolute Gasteiger partial charge is 0.390 e. The number of aliphatic hydroxyl groups excluding tert-OH is 1. The summed E-state index contributed by atoms with van der Waals surface area (Å²) in [6.07, 6.45) is 10.9. The highest BCUT2D eigenvalue weighted by Gasteiger charge is 2.19. The minimum atomic E-state index is -0.457. The monoisotopic (exact) mass is 481 g/mol. The Balaban J connectivity index is 1.11. The van der Waals surface area contributed by atoms with Crippen LogP contribution in [0.1, 0.15) is 49.3 Å². The molecule has 0 amide bonds. The Morgan fingerprint density at radius 1 is 0.944 bits per heavy atom. The first-order valence-electron chi connectivity index (χ1n) is 13.4. The fourth-order valence-electron chi connectivity index (χ4n) is 5.86. The van der Waals surface area contributed by atoms with Crippen LogP contribution in [0.25, 0.3) is 22.2 Å². The Morgan fingerprint density at radius 2 is 1.78 bits per heavy atom. The van der Waals surface area contributed by atoms with Gasteiger partial charge in [0.25, 0.3) is 0 Å². The van der Waals surface area contributed by atoms with E-state index in [0.29, 0.717) is 19.1 Å². The molecule has 1 saturated carbocycles. The summed E-state index contributed by atoms with van der Waals surface area (Å²) in [6, 6.07) is 19.8. The molecule has 6 rings (SSSR count). The highest BCUT2D eigenvalue weighted by molar-refractivity contribution is 5.82. The summed E-state index contributed by atoms with van der Waals surface area (Å²) in [5.41, 5.74) is 7.36. The van der Waals surface area contributed by atoms with Crippen LogP contribution in [0.2, 0.25) is 0 Å². The third-order valence-corrected chi connectivity index (χ3v) is 7.83. The molecular formula is C30H35N5O. The number of β-amino-alcohol motifs (C(OH)–C–C–N with tert-alkyl or cyclic N) is 1. The van der Waals surface area contributed by atoms with E-state index in [0.717, 1.165) is 42.0 Å². The second-order valence-electron chi connectivity index (χ2n) is 10.4. The number of hydrogen-bond acceptors (Lipinski definition) is 5. The van der Waals surface area contributed by atoms with E-state index >= 15 is 0 Å². The highest BCUT2D eigenvalue weighted by atomic mass is 16.3. The first kappa shape index (κ1) is 23.2. The second-order valence-corrected chi connectivity index (χ2v) is 10.4. The van der Waals surface area contributed by atoms with Crippen LogP contribution in [-0.2, 0) is 13.0 Å². The van der Waals surface area contributed by atoms with Crippen molar-refractivity contribution in [2.24, 2.45) is 0 Å². The summed E-state index contributed by atoms with van der Waals surface area (Å²) >= 11 is 0. The zero-order chi connectivity index (χ0) is 24.3. The van der Waals surface area contributed by atoms with E-state index in [2.05, 4.69) is 79.3 Å². The molecule has 1 atom stereocenters. The molecule has 36 heavy (non-hydrogen) atoms. The zero-order valence-corrected chi connectivity index (χ0v) is 20.8. The van der Waals surface area contributed by atoms with Gasteiger partial charge in [-0.2, -0.15) is 0 Å². The molecule has 2 aliphatic rings. The quantitative estimate of drug-likeness (QED) is 0.368. The van der Waals surface area contributed by atoms with Crippen molar-refractivity contribution in [2.75, 3.05) is 25.0 Å². The number of nitrogens with zero attached hydrogens (tertiary/aromatic N) is 4. The van der Waals surface area contributed by atoms with Gasteiger partial charge in [0.1, 0.15) is 5.82 Å². The fraction of sp³-hybridized carbons (Fsp3) is 0.400. The number of fused-ring (bicyclic) bond motifs is 2. The summed E-state index contributed by atoms with van der Waals surface area (Å²) in [5.74, 6) is 0.788. The Bertz CT molecular complexity index is 1330. The molecule has 0 bridgehead atoms. The minimum Gasteiger partial charge on any atom is -0.390 e. The van der Waals surface area contributed by atoms with Crippen LogP contribution in [0.4, 0.5) is 5.82 Å². The van der Waals surface area contributed by atoms with Gasteiger partial charge in [-0.05, 0) is 65.8 Å². The Hall–Kier alpha value is -3.22. The standard InChI is InChI=1S/C30H35N5O/c36-27(20-34-15-13-22-6-4-5-7-25(22)19-34)18-32-30-17-24(12-14-31-30)23-10-11-28-29(16-23)35(21-33-28)26-8-2-1-3-9-26/h4-7,10-12,14,16-17,21,26-27,36H,1-3,8-9,13,15,18-20H2,(H,31,32). The molecule has 1 unspecified atom stereocenters. The van der Waals surface area contributed by atoms with Crippen molar-refractivity contribution >= 4 is 16.9 Å². The Kier molecular flexibility index (Phi) is 6.71. The van der Waals surface area contributed by atoms with E-state index in [-0.39, 0.29) is 0 Å². The maximum Gasteiger partial charge on any atom is 0.126 e. The van der Waals surface area contributed by atoms with Gasteiger partial charge in [-0.1, -0.05) is 49.6 Å². The first-order chi connectivity index (χ1) is 17.7. The van der Waals surface area contributed by atoms with E-state index in [9.17, 15) is 5.11 Å². The van der Waals surface area contributed by atoms with Gasteiger partial charge in [-0.15, -0.1) is 0 Å². The van der Waals surface area contributed by atoms with E-state index in [4.69, 9.17) is 0 Å². The van der Waals surface area contributed by atoms with Crippen LogP contribution in [-0.4, -0.2) is 50.3 Å². The molecule has 2 aromatic heterocycles. The van der Waals surface area contributed by atoms with Crippen molar-refractivity contribution in [3.8, 4) is 11.1 Å². The maximum absolute atomic E-state index is 10.7. The molecule has 4 aromatic rings. The van der Waals surface area contributed by atoms with Gasteiger partial charge < -0.3 is 15.0 Å². The number of hydrogen-bond donors (Lipinski definition) is 2. The number of anilines is 1. The van der Waals surface area contributed by atoms with Crippen molar-refractivity contribution in [1.29, 1.82) is 0 Å². The summed E-state index contributed by atoms with van der Waals surface area (Å²) in [5, 5.41) is 14.1. The summed E-state index contributed by atoms with van der Waals surface area (Å²) in [7, 11) is 0. The predicted octanol–water partition coefficient (Wildman–Crippen LogP) is 5.43. The molecule has 6 heteroatoms. The zero-order valence-electron chi connectivity index (χ0n) is 20.8. The first-order valence-corrected chi connectivity index (χ1v) is 13.4. The van der Waals surface area contributed by atoms with Gasteiger partial charge in [0.2, 0.25) is 0 Å². The second kappa shape index (κ2) is 10.4. The van der Waals surface area contributed by atoms with Gasteiger partial charge in [-0.3, -0.25) is 4.90 Å². The van der Waals surface area contributed by atoms with Crippen molar-refractivity contribution in [1.82, 2.24) is 19.4 Å². The van der Waals surface area contributed by atoms with Gasteiger partial charge in [-0.25, -0.2) is 9.97 Å². The average molecular weight is 482 g/mol. The van der Waals surface area contributed by atoms with E-state index in [1.807, 2.05) is 12.5 Å². The summed E-state index contributed by atoms with van der Waals surface area (Å²) in [4.78, 5) is 11.5. The van der Waals surface area contributed by atoms with Gasteiger partial charge in [0, 0.05) is 38.4 Å². The number of imidazole rings is 1. The maximum atomic E-state index is 10.7. The molecule has 6 nitrogen and oxygen atoms in total. The lowest BCUT2D eigenvalue weighted by Gasteiger charge is -2.30. The molecular weight excluding hydrogens is 446 g/mol. The van der Waals surface area contributed by atoms with Gasteiger partial charge in [0.15, 0.2) is 0 Å². The lowest BCUT2D eigenvalue weighted by Crippen LogP contribution is -2.39. The molecule has 1 aliphatic heterocycles. The predicted molar refractivity (Wildman–Crippen MR) is 145 cm³/mol. The Labute approximate surface area is 213 Å². The van der Waals surface area contributed by atoms with Crippen LogP contribution in [0.5, 0.6) is 0 Å². The average Bonchev–Trinajstić information content (AvgIpc) is 3.36. The lowest BCUT2D eigenvalue weighted by molar-refractivity contribution is 0.114. The summed E-state index contributed by atoms with van der Waals surface area (Å²) in [6.45, 7) is 3.02. The number of pyridine rings is 1. The van der Waals surface area contributed by atoms with E-state index < -0.39 is 6.10 Å². The molecule has 2 N–H and O–H groups in total. The van der Waals surface area contributed by atoms with Gasteiger partial charge in [0.05, 0.1) is 23.5 Å². The highest BCUT2D eigenvalue weighted by Crippen LogP contribution is 2.32. The van der Waals surface area contributed by atoms with Crippen LogP contribution < -0.4 is 5.32 Å². The topological polar surface area (TPSA) is 66.2 Å². The third kappa shape index (κ3) is 5.01. The number of rotatable bonds is 7. The molecule has 0 saturated heterocycles. The van der Waals surface area contributed by atoms with Crippen LogP contribution >= 0.6 is 0 Å². The summed E-state index contributed by atoms with van der Waals surface area (Å²) < 4.78 is 2.38. The molecule has 3 heterocycles. The molecule has 0 radical (unpaired) electrons. The van der Waals surface area contributed by atoms with Crippen molar-refractivity contribution in [2.45, 2.75) is 57.2 Å². The SMILES string of the molecule is OC(CNc1cc(-c2ccc3ncn(C4CCCCC4)c3c2)ccn1)CN1CCc2ccccc2C1. The number of nitrogens with one attached hydrogen (secondary N) is 1. The molecule has 2 aromatic carbocycles. The van der Waals surface area contributed by atoms with Gasteiger partial charge >= 0.3 is 0 Å². The third-order valence-electron chi connectivity index (χ3n) is 7.83. The molecule has 1 fully saturated rings. The normalized spacial score (nSPS) is 17.7. The van der Waals surface area contributed by atoms with E-state index in [1.54, 1.807) is 0 Å². The lowest BCUT2D eigenvalue weighted by atomic mass is 9.95. The molecule has 0 spiro atoms. The molecule has 186 valence electrons. The van der Waals surface area contributed by atoms with Crippen molar-refractivity contribution in [3.05, 3.63) is 78.2 Å².